The normalized spacial score (nSPS) is 0. The second-order valence-corrected chi connectivity index (χ2v) is 0. The molecule has 3 radical (unpaired) electrons. The third kappa shape index (κ3) is 136. The number of hydrogen-bond acceptors (Lipinski definition) is 0. The van der Waals surface area contributed by atoms with Crippen LogP contribution >= 0.6 is 0 Å². The molecule has 0 aliphatic rings. The molecule has 7 nitrogen and oxygen atoms in total. The maximum Gasteiger partial charge on any atom is 3.00 e. The van der Waals surface area contributed by atoms with Crippen LogP contribution in [0.2, 0.25) is 0 Å². The molecule has 0 saturated carbocycles. The van der Waals surface area contributed by atoms with Gasteiger partial charge in [-0.05, 0) is 0 Å². The monoisotopic (exact) mass is 715 g/mol. The second kappa shape index (κ2) is 154. The molecule has 0 fully saturated rings. The van der Waals surface area contributed by atoms with E-state index in [-0.39, 0.29) is 223 Å². The van der Waals surface area contributed by atoms with Crippen LogP contribution in [0, 0.1) is 35.6 Å². The average Bonchev–Trinajstić information content (AvgIpc) is 0. The summed E-state index contributed by atoms with van der Waals surface area (Å²) in [6.45, 7) is 0. The van der Waals surface area contributed by atoms with Crippen molar-refractivity contribution in [1.29, 1.82) is 0 Å². The summed E-state index contributed by atoms with van der Waals surface area (Å²) in [7, 11) is 0. The Morgan fingerprint density at radius 2 is 0.308 bits per heavy atom. The molecule has 0 aromatic heterocycles. The molecule has 0 aliphatic carbocycles. The van der Waals surface area contributed by atoms with Gasteiger partial charge in [-0.3, -0.25) is 0 Å². The largest absolute Gasteiger partial charge is 3.00 e. The van der Waals surface area contributed by atoms with Crippen LogP contribution < -0.4 is 0 Å². The van der Waals surface area contributed by atoms with Crippen LogP contribution in [0.1, 0.15) is 0 Å². The molecular weight excluding hydrogens is 716 g/mol. The summed E-state index contributed by atoms with van der Waals surface area (Å²) in [6, 6.07) is 0. The van der Waals surface area contributed by atoms with Gasteiger partial charge >= 0.3 is 185 Å². The topological polar surface area (TPSA) is 200 Å². The van der Waals surface area contributed by atoms with Gasteiger partial charge in [0.15, 0.2) is 0 Å². The Labute approximate surface area is 217 Å². The van der Waals surface area contributed by atoms with Gasteiger partial charge in [0.1, 0.15) is 0 Å². The van der Waals surface area contributed by atoms with Crippen molar-refractivity contribution in [1.82, 2.24) is 0 Å². The molecular formula is Ba2Cu3LaO7-. The third-order valence-corrected chi connectivity index (χ3v) is 0. The van der Waals surface area contributed by atoms with Gasteiger partial charge in [-0.2, -0.15) is 0 Å². The minimum atomic E-state index is 0. The molecule has 0 aromatic rings. The van der Waals surface area contributed by atoms with Crippen molar-refractivity contribution >= 4 is 97.8 Å². The average molecular weight is 716 g/mol. The first-order valence-electron chi connectivity index (χ1n) is 0. The molecule has 13 heavy (non-hydrogen) atoms. The molecule has 0 saturated heterocycles. The quantitative estimate of drug-likeness (QED) is 0.261. The zero-order valence-electron chi connectivity index (χ0n) is 5.75. The van der Waals surface area contributed by atoms with E-state index in [9.17, 15) is 0 Å². The van der Waals surface area contributed by atoms with Gasteiger partial charge in [-0.15, -0.1) is 0 Å². The van der Waals surface area contributed by atoms with Crippen LogP contribution in [-0.4, -0.2) is 97.8 Å². The van der Waals surface area contributed by atoms with Gasteiger partial charge in [0.25, 0.3) is 0 Å². The SMILES string of the molecule is [Ba+2].[Ba+2].[Cu+2].[Cu+2].[Cu+2].[La+3].[O-2].[O-2].[O-2].[O-2].[O-2].[O-2].[O-2]. The molecule has 0 aliphatic heterocycles. The van der Waals surface area contributed by atoms with Gasteiger partial charge in [0, 0.05) is 0 Å². The van der Waals surface area contributed by atoms with Crippen molar-refractivity contribution in [3.05, 3.63) is 0 Å². The van der Waals surface area contributed by atoms with Gasteiger partial charge in [0.05, 0.1) is 0 Å². The van der Waals surface area contributed by atoms with Crippen LogP contribution in [-0.2, 0) is 89.5 Å². The molecule has 0 amide bonds. The van der Waals surface area contributed by atoms with Crippen LogP contribution in [0.25, 0.3) is 0 Å². The van der Waals surface area contributed by atoms with Crippen molar-refractivity contribution in [2.45, 2.75) is 0 Å². The minimum Gasteiger partial charge on any atom is -2.00 e. The predicted octanol–water partition coefficient (Wildman–Crippen LogP) is -1.60. The van der Waals surface area contributed by atoms with Crippen molar-refractivity contribution in [3.8, 4) is 0 Å². The molecule has 0 heterocycles. The number of rotatable bonds is 0. The van der Waals surface area contributed by atoms with E-state index in [1.807, 2.05) is 0 Å². The van der Waals surface area contributed by atoms with Gasteiger partial charge in [-0.25, -0.2) is 0 Å². The summed E-state index contributed by atoms with van der Waals surface area (Å²) in [6.07, 6.45) is 0. The maximum absolute atomic E-state index is 0. The summed E-state index contributed by atoms with van der Waals surface area (Å²) in [5.74, 6) is 0. The second-order valence-electron chi connectivity index (χ2n) is 0. The predicted molar refractivity (Wildman–Crippen MR) is 16.3 cm³/mol. The fourth-order valence-corrected chi connectivity index (χ4v) is 0. The molecule has 0 atom stereocenters. The summed E-state index contributed by atoms with van der Waals surface area (Å²) in [5.41, 5.74) is 0. The summed E-state index contributed by atoms with van der Waals surface area (Å²) >= 11 is 0. The first kappa shape index (κ1) is 183. The zero-order chi connectivity index (χ0) is 0. The summed E-state index contributed by atoms with van der Waals surface area (Å²) in [4.78, 5) is 0. The maximum atomic E-state index is 0. The van der Waals surface area contributed by atoms with Crippen molar-refractivity contribution in [3.63, 3.8) is 0 Å². The Kier molecular flexibility index (Phi) is 2170. The van der Waals surface area contributed by atoms with Crippen LogP contribution in [0.3, 0.4) is 0 Å². The Bertz CT molecular complexity index is 21.7. The molecule has 0 N–H and O–H groups in total. The fraction of sp³-hybridized carbons (Fsp3) is 0. The molecule has 0 bridgehead atoms. The van der Waals surface area contributed by atoms with Crippen molar-refractivity contribution < 1.29 is 125 Å². The molecule has 0 aromatic carbocycles. The Morgan fingerprint density at radius 3 is 0.308 bits per heavy atom. The van der Waals surface area contributed by atoms with E-state index in [4.69, 9.17) is 0 Å². The summed E-state index contributed by atoms with van der Waals surface area (Å²) in [5, 5.41) is 0. The minimum absolute atomic E-state index is 0. The first-order chi connectivity index (χ1) is 0. The van der Waals surface area contributed by atoms with Crippen LogP contribution in [0.15, 0.2) is 0 Å². The third-order valence-electron chi connectivity index (χ3n) is 0. The zero-order valence-corrected chi connectivity index (χ0v) is 21.1. The molecule has 83 valence electrons. The first-order valence-corrected chi connectivity index (χ1v) is 0. The Hall–Kier alpha value is 5.62. The fourth-order valence-electron chi connectivity index (χ4n) is 0. The molecule has 13 heteroatoms. The summed E-state index contributed by atoms with van der Waals surface area (Å²) < 4.78 is 0. The smallest absolute Gasteiger partial charge is 2.00 e. The standard InChI is InChI=1S/2Ba.3Cu.La.7O/q5*+2;+3;7*-2. The molecule has 0 unspecified atom stereocenters. The van der Waals surface area contributed by atoms with Gasteiger partial charge in [-0.1, -0.05) is 0 Å². The van der Waals surface area contributed by atoms with Crippen LogP contribution in [0.5, 0.6) is 0 Å². The van der Waals surface area contributed by atoms with Gasteiger partial charge in [0.2, 0.25) is 0 Å². The van der Waals surface area contributed by atoms with Crippen molar-refractivity contribution in [2.75, 3.05) is 0 Å². The van der Waals surface area contributed by atoms with E-state index in [0.29, 0.717) is 0 Å². The van der Waals surface area contributed by atoms with E-state index in [1.54, 1.807) is 0 Å². The Morgan fingerprint density at radius 1 is 0.308 bits per heavy atom. The van der Waals surface area contributed by atoms with E-state index in [0.717, 1.165) is 0 Å². The van der Waals surface area contributed by atoms with Crippen molar-refractivity contribution in [2.24, 2.45) is 0 Å². The number of hydrogen-bond donors (Lipinski definition) is 0. The van der Waals surface area contributed by atoms with E-state index >= 15 is 0 Å². The van der Waals surface area contributed by atoms with E-state index in [1.165, 1.54) is 0 Å². The van der Waals surface area contributed by atoms with E-state index < -0.39 is 0 Å². The van der Waals surface area contributed by atoms with Crippen LogP contribution in [0.4, 0.5) is 0 Å². The van der Waals surface area contributed by atoms with E-state index in [2.05, 4.69) is 0 Å². The Balaban J connectivity index is 0. The molecule has 0 spiro atoms. The molecule has 0 rings (SSSR count). The van der Waals surface area contributed by atoms with Gasteiger partial charge < -0.3 is 38.3 Å².